The first-order valence-corrected chi connectivity index (χ1v) is 8.42. The third-order valence-electron chi connectivity index (χ3n) is 3.79. The van der Waals surface area contributed by atoms with Crippen LogP contribution in [0.3, 0.4) is 0 Å². The molecule has 6 heteroatoms. The molecular weight excluding hydrogens is 330 g/mol. The molecule has 3 aromatic rings. The summed E-state index contributed by atoms with van der Waals surface area (Å²) in [6, 6.07) is 15.4. The van der Waals surface area contributed by atoms with Gasteiger partial charge in [0.25, 0.3) is 5.91 Å². The van der Waals surface area contributed by atoms with Gasteiger partial charge in [0.2, 0.25) is 11.7 Å². The van der Waals surface area contributed by atoms with Gasteiger partial charge in [-0.2, -0.15) is 4.98 Å². The van der Waals surface area contributed by atoms with Crippen molar-refractivity contribution < 1.29 is 14.1 Å². The number of carbonyl (C=O) groups is 1. The van der Waals surface area contributed by atoms with Crippen molar-refractivity contribution in [2.45, 2.75) is 33.4 Å². The molecule has 0 bridgehead atoms. The van der Waals surface area contributed by atoms with E-state index in [2.05, 4.69) is 21.5 Å². The number of hydrogen-bond acceptors (Lipinski definition) is 5. The molecule has 1 N–H and O–H groups in total. The van der Waals surface area contributed by atoms with Crippen LogP contribution in [0.15, 0.2) is 53.1 Å². The molecule has 2 aromatic carbocycles. The monoisotopic (exact) mass is 351 g/mol. The Bertz CT molecular complexity index is 870. The van der Waals surface area contributed by atoms with Crippen molar-refractivity contribution in [1.82, 2.24) is 15.5 Å². The zero-order valence-corrected chi connectivity index (χ0v) is 15.0. The van der Waals surface area contributed by atoms with Crippen molar-refractivity contribution in [2.75, 3.05) is 0 Å². The van der Waals surface area contributed by atoms with Crippen LogP contribution < -0.4 is 10.1 Å². The van der Waals surface area contributed by atoms with Gasteiger partial charge < -0.3 is 14.6 Å². The summed E-state index contributed by atoms with van der Waals surface area (Å²) in [5, 5.41) is 6.68. The normalized spacial score (nSPS) is 11.8. The first kappa shape index (κ1) is 17.7. The van der Waals surface area contributed by atoms with Crippen LogP contribution in [0, 0.1) is 13.8 Å². The smallest absolute Gasteiger partial charge is 0.261 e. The predicted octanol–water partition coefficient (Wildman–Crippen LogP) is 3.44. The topological polar surface area (TPSA) is 77.2 Å². The van der Waals surface area contributed by atoms with E-state index in [4.69, 9.17) is 9.26 Å². The van der Waals surface area contributed by atoms with E-state index >= 15 is 0 Å². The summed E-state index contributed by atoms with van der Waals surface area (Å²) >= 11 is 0. The van der Waals surface area contributed by atoms with Crippen LogP contribution in [-0.4, -0.2) is 22.2 Å². The molecule has 0 aliphatic rings. The van der Waals surface area contributed by atoms with E-state index < -0.39 is 6.10 Å². The van der Waals surface area contributed by atoms with Gasteiger partial charge in [-0.1, -0.05) is 41.6 Å². The van der Waals surface area contributed by atoms with Crippen molar-refractivity contribution in [3.8, 4) is 17.1 Å². The molecule has 0 saturated carbocycles. The van der Waals surface area contributed by atoms with Crippen LogP contribution in [0.5, 0.6) is 5.75 Å². The fraction of sp³-hybridized carbons (Fsp3) is 0.250. The fourth-order valence-electron chi connectivity index (χ4n) is 2.60. The minimum absolute atomic E-state index is 0.152. The quantitative estimate of drug-likeness (QED) is 0.736. The molecule has 0 saturated heterocycles. The van der Waals surface area contributed by atoms with E-state index in [0.717, 1.165) is 16.7 Å². The van der Waals surface area contributed by atoms with Gasteiger partial charge in [-0.05, 0) is 44.0 Å². The summed E-state index contributed by atoms with van der Waals surface area (Å²) in [6.45, 7) is 5.84. The standard InChI is InChI=1S/C20H21N3O3/c1-13-9-14(2)11-17(10-13)25-15(3)20(24)21-12-18-22-19(23-26-18)16-7-5-4-6-8-16/h4-11,15H,12H2,1-3H3,(H,21,24)/t15-/m1/s1. The zero-order valence-electron chi connectivity index (χ0n) is 15.0. The van der Waals surface area contributed by atoms with Crippen LogP contribution in [0.1, 0.15) is 23.9 Å². The van der Waals surface area contributed by atoms with Crippen molar-refractivity contribution in [3.05, 3.63) is 65.5 Å². The van der Waals surface area contributed by atoms with Crippen LogP contribution >= 0.6 is 0 Å². The minimum atomic E-state index is -0.632. The summed E-state index contributed by atoms with van der Waals surface area (Å²) < 4.78 is 10.9. The molecule has 1 atom stereocenters. The van der Waals surface area contributed by atoms with Crippen molar-refractivity contribution >= 4 is 5.91 Å². The van der Waals surface area contributed by atoms with Gasteiger partial charge in [-0.25, -0.2) is 0 Å². The fourth-order valence-corrected chi connectivity index (χ4v) is 2.60. The Morgan fingerprint density at radius 3 is 2.54 bits per heavy atom. The van der Waals surface area contributed by atoms with Crippen molar-refractivity contribution in [3.63, 3.8) is 0 Å². The van der Waals surface area contributed by atoms with Gasteiger partial charge in [-0.3, -0.25) is 4.79 Å². The highest BCUT2D eigenvalue weighted by atomic mass is 16.5. The minimum Gasteiger partial charge on any atom is -0.481 e. The number of benzene rings is 2. The van der Waals surface area contributed by atoms with Gasteiger partial charge in [0.15, 0.2) is 6.10 Å². The number of aromatic nitrogens is 2. The highest BCUT2D eigenvalue weighted by Crippen LogP contribution is 2.18. The number of aryl methyl sites for hydroxylation is 2. The Morgan fingerprint density at radius 1 is 1.15 bits per heavy atom. The summed E-state index contributed by atoms with van der Waals surface area (Å²) in [5.74, 6) is 1.27. The lowest BCUT2D eigenvalue weighted by atomic mass is 10.1. The number of rotatable bonds is 6. The molecule has 1 amide bonds. The highest BCUT2D eigenvalue weighted by molar-refractivity contribution is 5.80. The lowest BCUT2D eigenvalue weighted by molar-refractivity contribution is -0.127. The molecular formula is C20H21N3O3. The molecule has 0 fully saturated rings. The third kappa shape index (κ3) is 4.47. The van der Waals surface area contributed by atoms with Crippen LogP contribution in [-0.2, 0) is 11.3 Å². The molecule has 3 rings (SSSR count). The highest BCUT2D eigenvalue weighted by Gasteiger charge is 2.16. The van der Waals surface area contributed by atoms with Crippen molar-refractivity contribution in [1.29, 1.82) is 0 Å². The Hall–Kier alpha value is -3.15. The average Bonchev–Trinajstić information content (AvgIpc) is 3.08. The SMILES string of the molecule is Cc1cc(C)cc(O[C@H](C)C(=O)NCc2nc(-c3ccccc3)no2)c1. The van der Waals surface area contributed by atoms with Gasteiger partial charge in [0.05, 0.1) is 6.54 Å². The Balaban J connectivity index is 1.56. The second kappa shape index (κ2) is 7.82. The summed E-state index contributed by atoms with van der Waals surface area (Å²) in [7, 11) is 0. The van der Waals surface area contributed by atoms with E-state index in [0.29, 0.717) is 17.5 Å². The Morgan fingerprint density at radius 2 is 1.85 bits per heavy atom. The molecule has 0 unspecified atom stereocenters. The predicted molar refractivity (Wildman–Crippen MR) is 97.6 cm³/mol. The number of nitrogens with zero attached hydrogens (tertiary/aromatic N) is 2. The summed E-state index contributed by atoms with van der Waals surface area (Å²) in [4.78, 5) is 16.5. The maximum absolute atomic E-state index is 12.2. The molecule has 0 aliphatic carbocycles. The number of ether oxygens (including phenoxy) is 1. The Kier molecular flexibility index (Phi) is 5.31. The maximum atomic E-state index is 12.2. The van der Waals surface area contributed by atoms with E-state index in [1.165, 1.54) is 0 Å². The van der Waals surface area contributed by atoms with Crippen molar-refractivity contribution in [2.24, 2.45) is 0 Å². The van der Waals surface area contributed by atoms with Gasteiger partial charge in [-0.15, -0.1) is 0 Å². The average molecular weight is 351 g/mol. The Labute approximate surface area is 152 Å². The van der Waals surface area contributed by atoms with Gasteiger partial charge in [0, 0.05) is 5.56 Å². The molecule has 0 aliphatic heterocycles. The second-order valence-electron chi connectivity index (χ2n) is 6.18. The molecule has 0 radical (unpaired) electrons. The molecule has 134 valence electrons. The third-order valence-corrected chi connectivity index (χ3v) is 3.79. The van der Waals surface area contributed by atoms with Crippen LogP contribution in [0.25, 0.3) is 11.4 Å². The number of amides is 1. The number of carbonyl (C=O) groups excluding carboxylic acids is 1. The number of hydrogen-bond donors (Lipinski definition) is 1. The lowest BCUT2D eigenvalue weighted by Crippen LogP contribution is -2.36. The lowest BCUT2D eigenvalue weighted by Gasteiger charge is -2.15. The van der Waals surface area contributed by atoms with E-state index in [1.807, 2.05) is 56.3 Å². The summed E-state index contributed by atoms with van der Waals surface area (Å²) in [6.07, 6.45) is -0.632. The molecule has 1 heterocycles. The molecule has 1 aromatic heterocycles. The van der Waals surface area contributed by atoms with Crippen LogP contribution in [0.4, 0.5) is 0 Å². The van der Waals surface area contributed by atoms with Gasteiger partial charge >= 0.3 is 0 Å². The molecule has 6 nitrogen and oxygen atoms in total. The van der Waals surface area contributed by atoms with E-state index in [1.54, 1.807) is 6.92 Å². The van der Waals surface area contributed by atoms with Crippen LogP contribution in [0.2, 0.25) is 0 Å². The zero-order chi connectivity index (χ0) is 18.5. The molecule has 26 heavy (non-hydrogen) atoms. The van der Waals surface area contributed by atoms with Gasteiger partial charge in [0.1, 0.15) is 5.75 Å². The number of nitrogens with one attached hydrogen (secondary N) is 1. The largest absolute Gasteiger partial charge is 0.481 e. The molecule has 0 spiro atoms. The van der Waals surface area contributed by atoms with E-state index in [-0.39, 0.29) is 12.5 Å². The maximum Gasteiger partial charge on any atom is 0.261 e. The summed E-state index contributed by atoms with van der Waals surface area (Å²) in [5.41, 5.74) is 3.04. The first-order chi connectivity index (χ1) is 12.5. The second-order valence-corrected chi connectivity index (χ2v) is 6.18. The first-order valence-electron chi connectivity index (χ1n) is 8.42. The van der Waals surface area contributed by atoms with E-state index in [9.17, 15) is 4.79 Å².